The normalized spacial score (nSPS) is 27.2. The number of anilines is 1. The second-order valence-corrected chi connectivity index (χ2v) is 7.73. The average molecular weight is 380 g/mol. The van der Waals surface area contributed by atoms with Crippen LogP contribution in [-0.2, 0) is 9.59 Å². The number of hydrogen-bond acceptors (Lipinski definition) is 3. The van der Waals surface area contributed by atoms with Gasteiger partial charge in [-0.15, -0.1) is 12.4 Å². The van der Waals surface area contributed by atoms with E-state index in [4.69, 9.17) is 5.73 Å². The maximum Gasteiger partial charge on any atom is 0.243 e. The molecule has 2 fully saturated rings. The van der Waals surface area contributed by atoms with Gasteiger partial charge in [-0.05, 0) is 62.5 Å². The second kappa shape index (κ2) is 8.87. The highest BCUT2D eigenvalue weighted by atomic mass is 35.5. The fourth-order valence-corrected chi connectivity index (χ4v) is 4.51. The van der Waals surface area contributed by atoms with Crippen LogP contribution in [-0.4, -0.2) is 24.4 Å². The van der Waals surface area contributed by atoms with Gasteiger partial charge in [0.25, 0.3) is 0 Å². The maximum absolute atomic E-state index is 12.5. The van der Waals surface area contributed by atoms with Crippen LogP contribution in [0.4, 0.5) is 5.69 Å². The summed E-state index contributed by atoms with van der Waals surface area (Å²) in [4.78, 5) is 24.7. The first-order valence-corrected chi connectivity index (χ1v) is 9.35. The number of aryl methyl sites for hydroxylation is 2. The molecule has 0 spiro atoms. The Balaban J connectivity index is 0.00000243. The zero-order valence-electron chi connectivity index (χ0n) is 15.6. The molecule has 2 atom stereocenters. The van der Waals surface area contributed by atoms with Crippen molar-refractivity contribution in [2.75, 3.05) is 11.9 Å². The molecule has 0 aromatic heterocycles. The number of halogens is 1. The van der Waals surface area contributed by atoms with Crippen LogP contribution in [0.1, 0.15) is 43.2 Å². The smallest absolute Gasteiger partial charge is 0.243 e. The molecule has 2 saturated carbocycles. The first-order valence-electron chi connectivity index (χ1n) is 9.35. The molecule has 2 unspecified atom stereocenters. The number of benzene rings is 1. The number of carbonyl (C=O) groups excluding carboxylic acids is 2. The van der Waals surface area contributed by atoms with Crippen molar-refractivity contribution < 1.29 is 9.59 Å². The number of rotatable bonds is 4. The van der Waals surface area contributed by atoms with Crippen LogP contribution in [0, 0.1) is 31.6 Å². The molecule has 1 aromatic rings. The lowest BCUT2D eigenvalue weighted by molar-refractivity contribution is -0.129. The van der Waals surface area contributed by atoms with Gasteiger partial charge in [-0.3, -0.25) is 9.59 Å². The molecule has 2 bridgehead atoms. The number of hydrogen-bond donors (Lipinski definition) is 3. The largest absolute Gasteiger partial charge is 0.347 e. The lowest BCUT2D eigenvalue weighted by Crippen LogP contribution is -2.49. The topological polar surface area (TPSA) is 84.2 Å². The van der Waals surface area contributed by atoms with Crippen LogP contribution >= 0.6 is 12.4 Å². The lowest BCUT2D eigenvalue weighted by atomic mass is 9.65. The van der Waals surface area contributed by atoms with E-state index in [1.807, 2.05) is 32.0 Å². The number of nitrogens with two attached hydrogens (primary N) is 1. The van der Waals surface area contributed by atoms with Crippen molar-refractivity contribution in [2.45, 2.75) is 52.0 Å². The molecule has 5 nitrogen and oxygen atoms in total. The third-order valence-electron chi connectivity index (χ3n) is 5.95. The number of nitrogens with one attached hydrogen (secondary N) is 2. The molecule has 0 saturated heterocycles. The van der Waals surface area contributed by atoms with Crippen molar-refractivity contribution in [1.82, 2.24) is 5.32 Å². The summed E-state index contributed by atoms with van der Waals surface area (Å²) in [5.74, 6) is 0.750. The molecule has 6 heteroatoms. The Bertz CT molecular complexity index is 630. The first kappa shape index (κ1) is 20.7. The Morgan fingerprint density at radius 1 is 1.12 bits per heavy atom. The maximum atomic E-state index is 12.5. The predicted octanol–water partition coefficient (Wildman–Crippen LogP) is 2.93. The van der Waals surface area contributed by atoms with Crippen molar-refractivity contribution in [1.29, 1.82) is 0 Å². The van der Waals surface area contributed by atoms with E-state index >= 15 is 0 Å². The molecule has 4 N–H and O–H groups in total. The summed E-state index contributed by atoms with van der Waals surface area (Å²) in [7, 11) is 0. The van der Waals surface area contributed by atoms with Gasteiger partial charge in [0.2, 0.25) is 11.8 Å². The van der Waals surface area contributed by atoms with E-state index in [9.17, 15) is 9.59 Å². The monoisotopic (exact) mass is 379 g/mol. The molecule has 0 heterocycles. The van der Waals surface area contributed by atoms with Crippen molar-refractivity contribution in [3.8, 4) is 0 Å². The third kappa shape index (κ3) is 4.57. The highest BCUT2D eigenvalue weighted by Gasteiger charge is 2.40. The summed E-state index contributed by atoms with van der Waals surface area (Å²) >= 11 is 0. The van der Waals surface area contributed by atoms with Crippen LogP contribution in [0.3, 0.4) is 0 Å². The molecule has 2 amide bonds. The van der Waals surface area contributed by atoms with Gasteiger partial charge in [0, 0.05) is 17.6 Å². The number of carbonyl (C=O) groups is 2. The Morgan fingerprint density at radius 2 is 1.69 bits per heavy atom. The highest BCUT2D eigenvalue weighted by molar-refractivity contribution is 5.96. The quantitative estimate of drug-likeness (QED) is 0.751. The Morgan fingerprint density at radius 3 is 2.27 bits per heavy atom. The summed E-state index contributed by atoms with van der Waals surface area (Å²) in [5, 5.41) is 5.73. The predicted molar refractivity (Wildman–Crippen MR) is 106 cm³/mol. The van der Waals surface area contributed by atoms with Crippen LogP contribution in [0.15, 0.2) is 18.2 Å². The van der Waals surface area contributed by atoms with E-state index in [0.29, 0.717) is 11.8 Å². The van der Waals surface area contributed by atoms with E-state index in [2.05, 4.69) is 10.6 Å². The summed E-state index contributed by atoms with van der Waals surface area (Å²) in [6.45, 7) is 3.95. The fraction of sp³-hybridized carbons (Fsp3) is 0.600. The highest BCUT2D eigenvalue weighted by Crippen LogP contribution is 2.41. The summed E-state index contributed by atoms with van der Waals surface area (Å²) < 4.78 is 0. The lowest BCUT2D eigenvalue weighted by Gasteiger charge is -2.43. The molecule has 1 aromatic carbocycles. The van der Waals surface area contributed by atoms with Gasteiger partial charge >= 0.3 is 0 Å². The van der Waals surface area contributed by atoms with E-state index < -0.39 is 0 Å². The number of para-hydroxylation sites is 1. The molecule has 26 heavy (non-hydrogen) atoms. The standard InChI is InChI=1S/C20H29N3O2.ClH/c1-12-5-3-6-13(2)19(12)23-17(24)11-22-20(25)16-9-14-7-4-8-15(10-16)18(14)21;/h3,5-6,14-16,18H,4,7-11,21H2,1-2H3,(H,22,25)(H,23,24);1H. The second-order valence-electron chi connectivity index (χ2n) is 7.73. The van der Waals surface area contributed by atoms with Gasteiger partial charge in [0.1, 0.15) is 0 Å². The zero-order valence-corrected chi connectivity index (χ0v) is 16.4. The van der Waals surface area contributed by atoms with E-state index in [1.165, 1.54) is 6.42 Å². The Hall–Kier alpha value is -1.59. The van der Waals surface area contributed by atoms with Crippen LogP contribution in [0.5, 0.6) is 0 Å². The number of amides is 2. The minimum absolute atomic E-state index is 0. The molecular weight excluding hydrogens is 350 g/mol. The van der Waals surface area contributed by atoms with Gasteiger partial charge < -0.3 is 16.4 Å². The van der Waals surface area contributed by atoms with Crippen LogP contribution < -0.4 is 16.4 Å². The van der Waals surface area contributed by atoms with Crippen LogP contribution in [0.25, 0.3) is 0 Å². The van der Waals surface area contributed by atoms with Gasteiger partial charge in [-0.25, -0.2) is 0 Å². The van der Waals surface area contributed by atoms with Gasteiger partial charge in [0.15, 0.2) is 0 Å². The zero-order chi connectivity index (χ0) is 18.0. The Kier molecular flexibility index (Phi) is 7.07. The van der Waals surface area contributed by atoms with Gasteiger partial charge in [-0.2, -0.15) is 0 Å². The molecule has 144 valence electrons. The Labute approximate surface area is 161 Å². The molecule has 3 rings (SSSR count). The fourth-order valence-electron chi connectivity index (χ4n) is 4.51. The minimum Gasteiger partial charge on any atom is -0.347 e. The van der Waals surface area contributed by atoms with Crippen molar-refractivity contribution >= 4 is 29.9 Å². The van der Waals surface area contributed by atoms with E-state index in [-0.39, 0.29) is 42.7 Å². The van der Waals surface area contributed by atoms with Gasteiger partial charge in [-0.1, -0.05) is 24.6 Å². The summed E-state index contributed by atoms with van der Waals surface area (Å²) in [6, 6.07) is 6.15. The summed E-state index contributed by atoms with van der Waals surface area (Å²) in [6.07, 6.45) is 5.22. The molecule has 2 aliphatic rings. The molecule has 2 aliphatic carbocycles. The van der Waals surface area contributed by atoms with E-state index in [0.717, 1.165) is 42.5 Å². The SMILES string of the molecule is Cc1cccc(C)c1NC(=O)CNC(=O)C1CC2CCCC(C1)C2N.Cl. The minimum atomic E-state index is -0.182. The van der Waals surface area contributed by atoms with Crippen molar-refractivity contribution in [2.24, 2.45) is 23.5 Å². The molecule has 0 aliphatic heterocycles. The van der Waals surface area contributed by atoms with E-state index in [1.54, 1.807) is 0 Å². The van der Waals surface area contributed by atoms with Crippen molar-refractivity contribution in [3.05, 3.63) is 29.3 Å². The third-order valence-corrected chi connectivity index (χ3v) is 5.95. The van der Waals surface area contributed by atoms with Gasteiger partial charge in [0.05, 0.1) is 6.54 Å². The first-order chi connectivity index (χ1) is 12.0. The average Bonchev–Trinajstić information content (AvgIpc) is 2.56. The van der Waals surface area contributed by atoms with Crippen LogP contribution in [0.2, 0.25) is 0 Å². The van der Waals surface area contributed by atoms with Crippen molar-refractivity contribution in [3.63, 3.8) is 0 Å². The molecule has 0 radical (unpaired) electrons. The number of fused-ring (bicyclic) bond motifs is 2. The summed E-state index contributed by atoms with van der Waals surface area (Å²) in [5.41, 5.74) is 9.16. The molecular formula is C20H30ClN3O2.